The van der Waals surface area contributed by atoms with Crippen LogP contribution in [0.15, 0.2) is 42.5 Å². The van der Waals surface area contributed by atoms with E-state index in [9.17, 15) is 4.79 Å². The number of fused-ring (bicyclic) bond motifs is 1. The Kier molecular flexibility index (Phi) is 3.48. The molecule has 0 saturated carbocycles. The predicted octanol–water partition coefficient (Wildman–Crippen LogP) is 2.96. The number of nitrogens with zero attached hydrogens (tertiary/aromatic N) is 2. The predicted molar refractivity (Wildman–Crippen MR) is 83.4 cm³/mol. The second-order valence-electron chi connectivity index (χ2n) is 6.01. The van der Waals surface area contributed by atoms with E-state index in [1.165, 1.54) is 6.07 Å². The molecule has 0 bridgehead atoms. The van der Waals surface area contributed by atoms with Crippen molar-refractivity contribution in [3.8, 4) is 5.75 Å². The van der Waals surface area contributed by atoms with Crippen molar-refractivity contribution < 1.29 is 14.6 Å². The van der Waals surface area contributed by atoms with Gasteiger partial charge < -0.3 is 14.7 Å². The number of carboxylic acid groups (broad SMARTS) is 1. The Balaban J connectivity index is 2.00. The van der Waals surface area contributed by atoms with Crippen LogP contribution in [0.25, 0.3) is 0 Å². The van der Waals surface area contributed by atoms with Gasteiger partial charge in [0.1, 0.15) is 17.2 Å². The molecule has 1 aromatic carbocycles. The SMILES string of the molecule is CC1(C)CN(c2cccc(C(=O)O)n2)Cc2ccccc2O1. The number of hydrogen-bond donors (Lipinski definition) is 1. The summed E-state index contributed by atoms with van der Waals surface area (Å²) in [6.45, 7) is 5.29. The summed E-state index contributed by atoms with van der Waals surface area (Å²) in [5.74, 6) is 0.491. The third-order valence-corrected chi connectivity index (χ3v) is 3.57. The van der Waals surface area contributed by atoms with Gasteiger partial charge in [-0.1, -0.05) is 24.3 Å². The zero-order chi connectivity index (χ0) is 15.7. The van der Waals surface area contributed by atoms with E-state index in [0.717, 1.165) is 11.3 Å². The van der Waals surface area contributed by atoms with Crippen LogP contribution < -0.4 is 9.64 Å². The van der Waals surface area contributed by atoms with Gasteiger partial charge >= 0.3 is 5.97 Å². The highest BCUT2D eigenvalue weighted by atomic mass is 16.5. The normalized spacial score (nSPS) is 16.4. The number of anilines is 1. The van der Waals surface area contributed by atoms with Crippen LogP contribution in [0.4, 0.5) is 5.82 Å². The van der Waals surface area contributed by atoms with Gasteiger partial charge in [-0.2, -0.15) is 0 Å². The molecule has 1 aromatic heterocycles. The standard InChI is InChI=1S/C17H18N2O3/c1-17(2)11-19(10-12-6-3-4-8-14(12)22-17)15-9-5-7-13(18-15)16(20)21/h3-9H,10-11H2,1-2H3,(H,20,21). The van der Waals surface area contributed by atoms with Crippen LogP contribution in [-0.2, 0) is 6.54 Å². The van der Waals surface area contributed by atoms with E-state index in [1.807, 2.05) is 44.2 Å². The Bertz CT molecular complexity index is 713. The van der Waals surface area contributed by atoms with Crippen LogP contribution >= 0.6 is 0 Å². The molecule has 22 heavy (non-hydrogen) atoms. The van der Waals surface area contributed by atoms with Gasteiger partial charge in [0.25, 0.3) is 0 Å². The van der Waals surface area contributed by atoms with Crippen LogP contribution in [-0.4, -0.2) is 28.2 Å². The van der Waals surface area contributed by atoms with E-state index in [2.05, 4.69) is 9.88 Å². The Morgan fingerprint density at radius 2 is 2.00 bits per heavy atom. The summed E-state index contributed by atoms with van der Waals surface area (Å²) in [5.41, 5.74) is 0.720. The van der Waals surface area contributed by atoms with Crippen molar-refractivity contribution in [2.24, 2.45) is 0 Å². The van der Waals surface area contributed by atoms with Crippen LogP contribution in [0.3, 0.4) is 0 Å². The fraction of sp³-hybridized carbons (Fsp3) is 0.294. The third kappa shape index (κ3) is 2.88. The quantitative estimate of drug-likeness (QED) is 0.923. The molecule has 0 spiro atoms. The largest absolute Gasteiger partial charge is 0.486 e. The van der Waals surface area contributed by atoms with Crippen molar-refractivity contribution >= 4 is 11.8 Å². The van der Waals surface area contributed by atoms with Gasteiger partial charge in [0.2, 0.25) is 0 Å². The average molecular weight is 298 g/mol. The number of para-hydroxylation sites is 1. The van der Waals surface area contributed by atoms with E-state index < -0.39 is 11.6 Å². The van der Waals surface area contributed by atoms with Gasteiger partial charge in [-0.25, -0.2) is 9.78 Å². The highest BCUT2D eigenvalue weighted by Gasteiger charge is 2.29. The van der Waals surface area contributed by atoms with Crippen molar-refractivity contribution in [3.63, 3.8) is 0 Å². The molecule has 0 radical (unpaired) electrons. The number of aromatic carboxylic acids is 1. The number of carbonyl (C=O) groups is 1. The smallest absolute Gasteiger partial charge is 0.354 e. The summed E-state index contributed by atoms with van der Waals surface area (Å²) in [7, 11) is 0. The lowest BCUT2D eigenvalue weighted by atomic mass is 10.1. The number of rotatable bonds is 2. The molecule has 0 unspecified atom stereocenters. The Morgan fingerprint density at radius 1 is 1.23 bits per heavy atom. The Morgan fingerprint density at radius 3 is 2.77 bits per heavy atom. The van der Waals surface area contributed by atoms with E-state index in [-0.39, 0.29) is 5.69 Å². The van der Waals surface area contributed by atoms with Gasteiger partial charge in [0.05, 0.1) is 6.54 Å². The minimum Gasteiger partial charge on any atom is -0.486 e. The minimum atomic E-state index is -1.02. The molecule has 1 aliphatic rings. The van der Waals surface area contributed by atoms with Crippen LogP contribution in [0, 0.1) is 0 Å². The van der Waals surface area contributed by atoms with Crippen molar-refractivity contribution in [2.45, 2.75) is 26.0 Å². The van der Waals surface area contributed by atoms with E-state index in [1.54, 1.807) is 6.07 Å². The first-order valence-electron chi connectivity index (χ1n) is 7.17. The molecule has 0 saturated heterocycles. The van der Waals surface area contributed by atoms with Gasteiger partial charge in [-0.15, -0.1) is 0 Å². The third-order valence-electron chi connectivity index (χ3n) is 3.57. The number of aromatic nitrogens is 1. The van der Waals surface area contributed by atoms with Gasteiger partial charge in [-0.3, -0.25) is 0 Å². The van der Waals surface area contributed by atoms with Crippen molar-refractivity contribution in [2.75, 3.05) is 11.4 Å². The first kappa shape index (κ1) is 14.4. The number of carboxylic acids is 1. The number of pyridine rings is 1. The Hall–Kier alpha value is -2.56. The van der Waals surface area contributed by atoms with Crippen molar-refractivity contribution in [1.82, 2.24) is 4.98 Å². The monoisotopic (exact) mass is 298 g/mol. The molecule has 114 valence electrons. The Labute approximate surface area is 129 Å². The van der Waals surface area contributed by atoms with Crippen LogP contribution in [0.5, 0.6) is 5.75 Å². The summed E-state index contributed by atoms with van der Waals surface area (Å²) in [4.78, 5) is 17.4. The lowest BCUT2D eigenvalue weighted by molar-refractivity contribution is 0.0690. The number of ether oxygens (including phenoxy) is 1. The second kappa shape index (κ2) is 5.33. The molecule has 0 fully saturated rings. The van der Waals surface area contributed by atoms with Gasteiger partial charge in [0.15, 0.2) is 5.69 Å². The average Bonchev–Trinajstić information content (AvgIpc) is 2.61. The highest BCUT2D eigenvalue weighted by molar-refractivity contribution is 5.85. The zero-order valence-electron chi connectivity index (χ0n) is 12.6. The lowest BCUT2D eigenvalue weighted by Crippen LogP contribution is -2.41. The van der Waals surface area contributed by atoms with Gasteiger partial charge in [-0.05, 0) is 32.0 Å². The first-order chi connectivity index (χ1) is 10.4. The molecule has 3 rings (SSSR count). The zero-order valence-corrected chi connectivity index (χ0v) is 12.6. The fourth-order valence-electron chi connectivity index (χ4n) is 2.67. The van der Waals surface area contributed by atoms with Crippen molar-refractivity contribution in [3.05, 3.63) is 53.7 Å². The second-order valence-corrected chi connectivity index (χ2v) is 6.01. The molecule has 2 aromatic rings. The molecule has 5 heteroatoms. The minimum absolute atomic E-state index is 0.0498. The molecule has 0 aliphatic carbocycles. The molecule has 0 amide bonds. The summed E-state index contributed by atoms with van der Waals surface area (Å²) < 4.78 is 6.09. The topological polar surface area (TPSA) is 62.7 Å². The van der Waals surface area contributed by atoms with E-state index in [4.69, 9.17) is 9.84 Å². The van der Waals surface area contributed by atoms with Crippen molar-refractivity contribution in [1.29, 1.82) is 0 Å². The molecular weight excluding hydrogens is 280 g/mol. The summed E-state index contributed by atoms with van der Waals surface area (Å²) >= 11 is 0. The molecule has 0 atom stereocenters. The van der Waals surface area contributed by atoms with E-state index in [0.29, 0.717) is 18.9 Å². The maximum atomic E-state index is 11.1. The number of hydrogen-bond acceptors (Lipinski definition) is 4. The molecule has 5 nitrogen and oxygen atoms in total. The highest BCUT2D eigenvalue weighted by Crippen LogP contribution is 2.31. The van der Waals surface area contributed by atoms with Crippen LogP contribution in [0.1, 0.15) is 29.9 Å². The summed E-state index contributed by atoms with van der Waals surface area (Å²) in [6, 6.07) is 13.0. The summed E-state index contributed by atoms with van der Waals surface area (Å²) in [5, 5.41) is 9.12. The first-order valence-corrected chi connectivity index (χ1v) is 7.17. The fourth-order valence-corrected chi connectivity index (χ4v) is 2.67. The van der Waals surface area contributed by atoms with Crippen LogP contribution in [0.2, 0.25) is 0 Å². The maximum Gasteiger partial charge on any atom is 0.354 e. The molecule has 2 heterocycles. The summed E-state index contributed by atoms with van der Waals surface area (Å²) in [6.07, 6.45) is 0. The van der Waals surface area contributed by atoms with E-state index >= 15 is 0 Å². The lowest BCUT2D eigenvalue weighted by Gasteiger charge is -2.30. The number of benzene rings is 1. The molecule has 1 N–H and O–H groups in total. The maximum absolute atomic E-state index is 11.1. The molecular formula is C17H18N2O3. The molecule has 1 aliphatic heterocycles. The van der Waals surface area contributed by atoms with Gasteiger partial charge in [0, 0.05) is 12.1 Å².